The molecule has 0 fully saturated rings. The number of nitrogens with one attached hydrogen (secondary N) is 2. The summed E-state index contributed by atoms with van der Waals surface area (Å²) < 4.78 is 5.37. The van der Waals surface area contributed by atoms with E-state index in [1.54, 1.807) is 18.2 Å². The first-order chi connectivity index (χ1) is 9.60. The van der Waals surface area contributed by atoms with Crippen LogP contribution in [0.4, 0.5) is 5.69 Å². The van der Waals surface area contributed by atoms with Crippen molar-refractivity contribution in [2.75, 3.05) is 25.4 Å². The second-order valence-electron chi connectivity index (χ2n) is 4.19. The van der Waals surface area contributed by atoms with Crippen molar-refractivity contribution in [2.24, 2.45) is 0 Å². The number of rotatable bonds is 7. The van der Waals surface area contributed by atoms with Gasteiger partial charge in [-0.2, -0.15) is 0 Å². The summed E-state index contributed by atoms with van der Waals surface area (Å²) in [6.45, 7) is 4.70. The van der Waals surface area contributed by atoms with Gasteiger partial charge in [0.25, 0.3) is 5.91 Å². The zero-order valence-electron chi connectivity index (χ0n) is 11.9. The molecule has 6 nitrogen and oxygen atoms in total. The quantitative estimate of drug-likeness (QED) is 0.647. The SMILES string of the molecule is CCCNC(=O)CNC(=O)c1cccc(N)c1OCC. The number of nitrogens with two attached hydrogens (primary N) is 1. The Bertz CT molecular complexity index is 475. The van der Waals surface area contributed by atoms with Crippen LogP contribution in [0.15, 0.2) is 18.2 Å². The molecule has 0 radical (unpaired) electrons. The average Bonchev–Trinajstić information content (AvgIpc) is 2.44. The predicted octanol–water partition coefficient (Wildman–Crippen LogP) is 0.923. The maximum Gasteiger partial charge on any atom is 0.255 e. The number of carbonyl (C=O) groups is 2. The van der Waals surface area contributed by atoms with E-state index in [1.165, 1.54) is 0 Å². The van der Waals surface area contributed by atoms with Crippen LogP contribution in [0, 0.1) is 0 Å². The Morgan fingerprint density at radius 3 is 2.65 bits per heavy atom. The second-order valence-corrected chi connectivity index (χ2v) is 4.19. The molecular formula is C14H21N3O3. The minimum atomic E-state index is -0.382. The molecular weight excluding hydrogens is 258 g/mol. The summed E-state index contributed by atoms with van der Waals surface area (Å²) in [5.41, 5.74) is 6.51. The number of amides is 2. The third-order valence-electron chi connectivity index (χ3n) is 2.56. The largest absolute Gasteiger partial charge is 0.491 e. The summed E-state index contributed by atoms with van der Waals surface area (Å²) >= 11 is 0. The standard InChI is InChI=1S/C14H21N3O3/c1-3-8-16-12(18)9-17-14(19)10-6-5-7-11(15)13(10)20-4-2/h5-7H,3-4,8-9,15H2,1-2H3,(H,16,18)(H,17,19). The zero-order chi connectivity index (χ0) is 15.0. The van der Waals surface area contributed by atoms with Crippen LogP contribution >= 0.6 is 0 Å². The number of para-hydroxylation sites is 1. The van der Waals surface area contributed by atoms with Gasteiger partial charge >= 0.3 is 0 Å². The van der Waals surface area contributed by atoms with E-state index in [0.29, 0.717) is 30.2 Å². The highest BCUT2D eigenvalue weighted by molar-refractivity contribution is 6.00. The van der Waals surface area contributed by atoms with Crippen LogP contribution in [0.2, 0.25) is 0 Å². The fourth-order valence-corrected chi connectivity index (χ4v) is 1.62. The lowest BCUT2D eigenvalue weighted by atomic mass is 10.1. The molecule has 0 unspecified atom stereocenters. The van der Waals surface area contributed by atoms with Crippen molar-refractivity contribution in [2.45, 2.75) is 20.3 Å². The summed E-state index contributed by atoms with van der Waals surface area (Å²) in [6, 6.07) is 4.94. The summed E-state index contributed by atoms with van der Waals surface area (Å²) in [5.74, 6) is -0.254. The highest BCUT2D eigenvalue weighted by atomic mass is 16.5. The van der Waals surface area contributed by atoms with Crippen LogP contribution in [0.25, 0.3) is 0 Å². The van der Waals surface area contributed by atoms with Crippen LogP contribution in [-0.2, 0) is 4.79 Å². The molecule has 0 heterocycles. The molecule has 0 bridgehead atoms. The van der Waals surface area contributed by atoms with Crippen LogP contribution < -0.4 is 21.1 Å². The fraction of sp³-hybridized carbons (Fsp3) is 0.429. The lowest BCUT2D eigenvalue weighted by Crippen LogP contribution is -2.37. The Kier molecular flexibility index (Phi) is 6.36. The average molecular weight is 279 g/mol. The molecule has 1 aromatic carbocycles. The van der Waals surface area contributed by atoms with Crippen molar-refractivity contribution >= 4 is 17.5 Å². The predicted molar refractivity (Wildman–Crippen MR) is 77.7 cm³/mol. The van der Waals surface area contributed by atoms with Crippen LogP contribution in [0.1, 0.15) is 30.6 Å². The van der Waals surface area contributed by atoms with Crippen LogP contribution in [0.3, 0.4) is 0 Å². The van der Waals surface area contributed by atoms with Crippen molar-refractivity contribution in [3.8, 4) is 5.75 Å². The Hall–Kier alpha value is -2.24. The van der Waals surface area contributed by atoms with E-state index in [-0.39, 0.29) is 18.4 Å². The number of carbonyl (C=O) groups excluding carboxylic acids is 2. The molecule has 20 heavy (non-hydrogen) atoms. The van der Waals surface area contributed by atoms with Crippen LogP contribution in [-0.4, -0.2) is 31.5 Å². The molecule has 0 saturated carbocycles. The summed E-state index contributed by atoms with van der Waals surface area (Å²) in [7, 11) is 0. The first-order valence-electron chi connectivity index (χ1n) is 6.66. The molecule has 0 aliphatic carbocycles. The Morgan fingerprint density at radius 1 is 1.25 bits per heavy atom. The van der Waals surface area contributed by atoms with Gasteiger partial charge in [0, 0.05) is 6.54 Å². The van der Waals surface area contributed by atoms with Gasteiger partial charge in [-0.25, -0.2) is 0 Å². The smallest absolute Gasteiger partial charge is 0.255 e. The summed E-state index contributed by atoms with van der Waals surface area (Å²) in [6.07, 6.45) is 0.851. The van der Waals surface area contributed by atoms with Gasteiger partial charge in [0.1, 0.15) is 0 Å². The molecule has 110 valence electrons. The van der Waals surface area contributed by atoms with Gasteiger partial charge in [0.15, 0.2) is 5.75 Å². The molecule has 1 aromatic rings. The van der Waals surface area contributed by atoms with Gasteiger partial charge in [-0.3, -0.25) is 9.59 Å². The van der Waals surface area contributed by atoms with Crippen molar-refractivity contribution < 1.29 is 14.3 Å². The Morgan fingerprint density at radius 2 is 2.00 bits per heavy atom. The van der Waals surface area contributed by atoms with E-state index in [0.717, 1.165) is 6.42 Å². The summed E-state index contributed by atoms with van der Waals surface area (Å²) in [5, 5.41) is 5.23. The lowest BCUT2D eigenvalue weighted by Gasteiger charge is -2.12. The molecule has 0 atom stereocenters. The van der Waals surface area contributed by atoms with Crippen molar-refractivity contribution in [1.29, 1.82) is 0 Å². The fourth-order valence-electron chi connectivity index (χ4n) is 1.62. The van der Waals surface area contributed by atoms with E-state index < -0.39 is 0 Å². The molecule has 0 aliphatic heterocycles. The Labute approximate surface area is 118 Å². The van der Waals surface area contributed by atoms with Crippen LogP contribution in [0.5, 0.6) is 5.75 Å². The van der Waals surface area contributed by atoms with Crippen molar-refractivity contribution in [3.05, 3.63) is 23.8 Å². The first-order valence-corrected chi connectivity index (χ1v) is 6.66. The normalized spacial score (nSPS) is 9.90. The molecule has 2 amide bonds. The van der Waals surface area contributed by atoms with E-state index in [4.69, 9.17) is 10.5 Å². The number of nitrogen functional groups attached to an aromatic ring is 1. The zero-order valence-corrected chi connectivity index (χ0v) is 11.9. The first kappa shape index (κ1) is 15.8. The maximum atomic E-state index is 12.0. The number of hydrogen-bond donors (Lipinski definition) is 3. The monoisotopic (exact) mass is 279 g/mol. The van der Waals surface area contributed by atoms with Gasteiger partial charge in [-0.05, 0) is 25.5 Å². The Balaban J connectivity index is 2.68. The van der Waals surface area contributed by atoms with Gasteiger partial charge < -0.3 is 21.1 Å². The topological polar surface area (TPSA) is 93.5 Å². The third-order valence-corrected chi connectivity index (χ3v) is 2.56. The lowest BCUT2D eigenvalue weighted by molar-refractivity contribution is -0.120. The van der Waals surface area contributed by atoms with E-state index in [1.807, 2.05) is 13.8 Å². The molecule has 0 aromatic heterocycles. The van der Waals surface area contributed by atoms with E-state index >= 15 is 0 Å². The van der Waals surface area contributed by atoms with Gasteiger partial charge in [-0.1, -0.05) is 13.0 Å². The highest BCUT2D eigenvalue weighted by Gasteiger charge is 2.15. The van der Waals surface area contributed by atoms with Crippen molar-refractivity contribution in [1.82, 2.24) is 10.6 Å². The van der Waals surface area contributed by atoms with Crippen molar-refractivity contribution in [3.63, 3.8) is 0 Å². The second kappa shape index (κ2) is 8.04. The molecule has 0 aliphatic rings. The molecule has 0 saturated heterocycles. The third kappa shape index (κ3) is 4.46. The van der Waals surface area contributed by atoms with E-state index in [9.17, 15) is 9.59 Å². The minimum absolute atomic E-state index is 0.0702. The minimum Gasteiger partial charge on any atom is -0.491 e. The highest BCUT2D eigenvalue weighted by Crippen LogP contribution is 2.26. The summed E-state index contributed by atoms with van der Waals surface area (Å²) in [4.78, 5) is 23.5. The van der Waals surface area contributed by atoms with Gasteiger partial charge in [-0.15, -0.1) is 0 Å². The van der Waals surface area contributed by atoms with Gasteiger partial charge in [0.05, 0.1) is 24.4 Å². The maximum absolute atomic E-state index is 12.0. The number of anilines is 1. The number of ether oxygens (including phenoxy) is 1. The van der Waals surface area contributed by atoms with Gasteiger partial charge in [0.2, 0.25) is 5.91 Å². The number of benzene rings is 1. The molecule has 0 spiro atoms. The molecule has 4 N–H and O–H groups in total. The van der Waals surface area contributed by atoms with E-state index in [2.05, 4.69) is 10.6 Å². The molecule has 1 rings (SSSR count). The molecule has 6 heteroatoms. The number of hydrogen-bond acceptors (Lipinski definition) is 4.